The molecule has 1 aliphatic heterocycles. The van der Waals surface area contributed by atoms with Gasteiger partial charge in [0.2, 0.25) is 6.10 Å². The normalized spacial score (nSPS) is 16.4. The number of nitrogens with zero attached hydrogens (tertiary/aromatic N) is 2. The van der Waals surface area contributed by atoms with Gasteiger partial charge >= 0.3 is 0 Å². The quantitative estimate of drug-likeness (QED) is 0.686. The highest BCUT2D eigenvalue weighted by Crippen LogP contribution is 2.27. The molecule has 0 bridgehead atoms. The average molecular weight is 408 g/mol. The Labute approximate surface area is 162 Å². The van der Waals surface area contributed by atoms with Crippen molar-refractivity contribution >= 4 is 45.9 Å². The first-order valence-corrected chi connectivity index (χ1v) is 9.93. The molecule has 0 spiro atoms. The Balaban J connectivity index is 1.32. The second-order valence-electron chi connectivity index (χ2n) is 5.68. The maximum atomic E-state index is 12.3. The second kappa shape index (κ2) is 7.22. The molecule has 0 aliphatic carbocycles. The first-order valence-electron chi connectivity index (χ1n) is 7.86. The van der Waals surface area contributed by atoms with Crippen LogP contribution in [-0.4, -0.2) is 22.7 Å². The van der Waals surface area contributed by atoms with Crippen molar-refractivity contribution in [3.8, 4) is 11.5 Å². The molecule has 26 heavy (non-hydrogen) atoms. The van der Waals surface area contributed by atoms with E-state index in [-0.39, 0.29) is 12.5 Å². The van der Waals surface area contributed by atoms with Crippen LogP contribution in [0.15, 0.2) is 39.2 Å². The van der Waals surface area contributed by atoms with Crippen LogP contribution in [0.25, 0.3) is 11.5 Å². The van der Waals surface area contributed by atoms with E-state index in [1.165, 1.54) is 11.3 Å². The number of amides is 1. The number of hydrogen-bond acceptors (Lipinski definition) is 7. The number of halogens is 1. The predicted molar refractivity (Wildman–Crippen MR) is 102 cm³/mol. The summed E-state index contributed by atoms with van der Waals surface area (Å²) in [6, 6.07) is 7.36. The molecule has 0 radical (unpaired) electrons. The van der Waals surface area contributed by atoms with Gasteiger partial charge in [0.05, 0.1) is 20.8 Å². The Bertz CT molecular complexity index is 975. The standard InChI is InChI=1S/C17H14ClN3O3S2/c1-9-20-12(8-25-9)13-3-2-10(23-13)7-19-17(22)14-6-11(21-24-14)15-4-5-16(18)26-15/h2-5,8,14H,6-7H2,1H3,(H,19,22). The molecular formula is C17H14ClN3O3S2. The molecule has 9 heteroatoms. The lowest BCUT2D eigenvalue weighted by atomic mass is 10.1. The monoisotopic (exact) mass is 407 g/mol. The van der Waals surface area contributed by atoms with Crippen molar-refractivity contribution in [1.82, 2.24) is 10.3 Å². The smallest absolute Gasteiger partial charge is 0.264 e. The highest BCUT2D eigenvalue weighted by Gasteiger charge is 2.29. The zero-order valence-electron chi connectivity index (χ0n) is 13.7. The van der Waals surface area contributed by atoms with Gasteiger partial charge in [-0.1, -0.05) is 16.8 Å². The van der Waals surface area contributed by atoms with E-state index in [1.54, 1.807) is 17.4 Å². The number of thiophene rings is 1. The summed E-state index contributed by atoms with van der Waals surface area (Å²) in [4.78, 5) is 22.9. The van der Waals surface area contributed by atoms with E-state index in [9.17, 15) is 4.79 Å². The van der Waals surface area contributed by atoms with Gasteiger partial charge in [0.1, 0.15) is 17.2 Å². The summed E-state index contributed by atoms with van der Waals surface area (Å²) in [5.74, 6) is 1.12. The molecule has 1 aliphatic rings. The van der Waals surface area contributed by atoms with Crippen LogP contribution < -0.4 is 5.32 Å². The second-order valence-corrected chi connectivity index (χ2v) is 8.45. The number of carbonyl (C=O) groups excluding carboxylic acids is 1. The number of carbonyl (C=O) groups is 1. The molecule has 4 heterocycles. The molecule has 4 rings (SSSR count). The van der Waals surface area contributed by atoms with E-state index >= 15 is 0 Å². The molecule has 0 saturated heterocycles. The number of rotatable bonds is 5. The summed E-state index contributed by atoms with van der Waals surface area (Å²) >= 11 is 8.91. The summed E-state index contributed by atoms with van der Waals surface area (Å²) in [7, 11) is 0. The third kappa shape index (κ3) is 3.67. The zero-order chi connectivity index (χ0) is 18.1. The van der Waals surface area contributed by atoms with Crippen LogP contribution in [0.2, 0.25) is 4.34 Å². The SMILES string of the molecule is Cc1nc(-c2ccc(CNC(=O)C3CC(c4ccc(Cl)s4)=NO3)o2)cs1. The van der Waals surface area contributed by atoms with Crippen molar-refractivity contribution < 1.29 is 14.0 Å². The first-order chi connectivity index (χ1) is 12.6. The van der Waals surface area contributed by atoms with Crippen molar-refractivity contribution in [3.05, 3.63) is 49.6 Å². The summed E-state index contributed by atoms with van der Waals surface area (Å²) < 4.78 is 6.42. The third-order valence-electron chi connectivity index (χ3n) is 3.79. The molecule has 1 unspecified atom stereocenters. The largest absolute Gasteiger partial charge is 0.458 e. The number of oxime groups is 1. The van der Waals surface area contributed by atoms with Crippen molar-refractivity contribution in [3.63, 3.8) is 0 Å². The van der Waals surface area contributed by atoms with Gasteiger partial charge in [0.25, 0.3) is 5.91 Å². The zero-order valence-corrected chi connectivity index (χ0v) is 16.1. The van der Waals surface area contributed by atoms with E-state index in [2.05, 4.69) is 15.5 Å². The van der Waals surface area contributed by atoms with Gasteiger partial charge < -0.3 is 14.6 Å². The number of nitrogens with one attached hydrogen (secondary N) is 1. The molecule has 0 saturated carbocycles. The topological polar surface area (TPSA) is 76.7 Å². The molecule has 3 aromatic heterocycles. The predicted octanol–water partition coefficient (Wildman–Crippen LogP) is 4.24. The van der Waals surface area contributed by atoms with Crippen molar-refractivity contribution in [2.24, 2.45) is 5.16 Å². The fourth-order valence-corrected chi connectivity index (χ4v) is 4.14. The highest BCUT2D eigenvalue weighted by molar-refractivity contribution is 7.18. The van der Waals surface area contributed by atoms with Gasteiger partial charge in [-0.2, -0.15) is 0 Å². The maximum absolute atomic E-state index is 12.3. The van der Waals surface area contributed by atoms with Gasteiger partial charge in [-0.15, -0.1) is 22.7 Å². The Morgan fingerprint density at radius 2 is 2.27 bits per heavy atom. The Morgan fingerprint density at radius 1 is 1.38 bits per heavy atom. The van der Waals surface area contributed by atoms with Crippen LogP contribution in [-0.2, 0) is 16.2 Å². The minimum absolute atomic E-state index is 0.228. The Kier molecular flexibility index (Phi) is 4.80. The summed E-state index contributed by atoms with van der Waals surface area (Å²) in [6.07, 6.45) is -0.217. The maximum Gasteiger partial charge on any atom is 0.264 e. The number of aromatic nitrogens is 1. The van der Waals surface area contributed by atoms with E-state index in [0.29, 0.717) is 22.3 Å². The molecule has 1 atom stereocenters. The van der Waals surface area contributed by atoms with Crippen LogP contribution in [0.5, 0.6) is 0 Å². The van der Waals surface area contributed by atoms with Crippen LogP contribution in [0, 0.1) is 6.92 Å². The molecule has 1 amide bonds. The number of thiazole rings is 1. The van der Waals surface area contributed by atoms with Crippen molar-refractivity contribution in [1.29, 1.82) is 0 Å². The van der Waals surface area contributed by atoms with Gasteiger partial charge in [-0.3, -0.25) is 4.79 Å². The highest BCUT2D eigenvalue weighted by atomic mass is 35.5. The summed E-state index contributed by atoms with van der Waals surface area (Å²) in [5, 5.41) is 9.74. The summed E-state index contributed by atoms with van der Waals surface area (Å²) in [6.45, 7) is 2.22. The van der Waals surface area contributed by atoms with Gasteiger partial charge in [-0.25, -0.2) is 4.98 Å². The number of aryl methyl sites for hydroxylation is 1. The van der Waals surface area contributed by atoms with Crippen LogP contribution >= 0.6 is 34.3 Å². The lowest BCUT2D eigenvalue weighted by molar-refractivity contribution is -0.131. The minimum atomic E-state index is -0.638. The molecule has 1 N–H and O–H groups in total. The van der Waals surface area contributed by atoms with E-state index in [4.69, 9.17) is 20.9 Å². The van der Waals surface area contributed by atoms with Gasteiger partial charge in [-0.05, 0) is 31.2 Å². The first kappa shape index (κ1) is 17.3. The van der Waals surface area contributed by atoms with Gasteiger partial charge in [0, 0.05) is 11.8 Å². The van der Waals surface area contributed by atoms with Crippen LogP contribution in [0.3, 0.4) is 0 Å². The Morgan fingerprint density at radius 3 is 3.00 bits per heavy atom. The molecule has 3 aromatic rings. The van der Waals surface area contributed by atoms with Crippen LogP contribution in [0.4, 0.5) is 0 Å². The molecule has 0 fully saturated rings. The third-order valence-corrected chi connectivity index (χ3v) is 5.84. The average Bonchev–Trinajstić information content (AvgIpc) is 3.39. The van der Waals surface area contributed by atoms with Gasteiger partial charge in [0.15, 0.2) is 5.76 Å². The molecule has 0 aromatic carbocycles. The molecular weight excluding hydrogens is 394 g/mol. The van der Waals surface area contributed by atoms with Crippen molar-refractivity contribution in [2.75, 3.05) is 0 Å². The lowest BCUT2D eigenvalue weighted by Crippen LogP contribution is -2.34. The lowest BCUT2D eigenvalue weighted by Gasteiger charge is -2.08. The fraction of sp³-hybridized carbons (Fsp3) is 0.235. The summed E-state index contributed by atoms with van der Waals surface area (Å²) in [5.41, 5.74) is 1.54. The number of hydrogen-bond donors (Lipinski definition) is 1. The minimum Gasteiger partial charge on any atom is -0.458 e. The number of furan rings is 1. The fourth-order valence-electron chi connectivity index (χ4n) is 2.51. The molecule has 134 valence electrons. The van der Waals surface area contributed by atoms with E-state index in [1.807, 2.05) is 30.5 Å². The van der Waals surface area contributed by atoms with Crippen LogP contribution in [0.1, 0.15) is 22.1 Å². The Hall–Kier alpha value is -2.16. The van der Waals surface area contributed by atoms with E-state index in [0.717, 1.165) is 21.3 Å². The molecule has 6 nitrogen and oxygen atoms in total. The van der Waals surface area contributed by atoms with Crippen molar-refractivity contribution in [2.45, 2.75) is 26.0 Å². The van der Waals surface area contributed by atoms with E-state index < -0.39 is 6.10 Å².